The molecule has 0 aliphatic carbocycles. The van der Waals surface area contributed by atoms with E-state index in [4.69, 9.17) is 0 Å². The van der Waals surface area contributed by atoms with Gasteiger partial charge in [-0.25, -0.2) is 18.2 Å². The lowest BCUT2D eigenvalue weighted by Gasteiger charge is -1.97. The first-order valence-corrected chi connectivity index (χ1v) is 5.51. The van der Waals surface area contributed by atoms with Crippen LogP contribution in [0.1, 0.15) is 0 Å². The lowest BCUT2D eigenvalue weighted by Crippen LogP contribution is -2.15. The molecular weight excluding hydrogens is 208 g/mol. The van der Waals surface area contributed by atoms with Gasteiger partial charge in [0, 0.05) is 6.26 Å². The number of aromatic amines is 2. The molecule has 2 rings (SSSR count). The smallest absolute Gasteiger partial charge is 0.341 e. The van der Waals surface area contributed by atoms with Crippen molar-refractivity contribution in [2.75, 3.05) is 6.26 Å². The lowest BCUT2D eigenvalue weighted by atomic mass is 10.6. The Morgan fingerprint density at radius 3 is 2.79 bits per heavy atom. The molecular formula is C6H6N4O3S. The van der Waals surface area contributed by atoms with Gasteiger partial charge in [-0.1, -0.05) is 0 Å². The maximum Gasteiger partial charge on any atom is 0.348 e. The number of aromatic nitrogens is 4. The number of rotatable bonds is 1. The van der Waals surface area contributed by atoms with E-state index in [1.807, 2.05) is 0 Å². The molecule has 0 unspecified atom stereocenters. The highest BCUT2D eigenvalue weighted by Crippen LogP contribution is 2.12. The first kappa shape index (κ1) is 8.88. The van der Waals surface area contributed by atoms with Crippen LogP contribution in [-0.4, -0.2) is 34.6 Å². The molecule has 0 aliphatic heterocycles. The largest absolute Gasteiger partial charge is 0.348 e. The van der Waals surface area contributed by atoms with Crippen molar-refractivity contribution < 1.29 is 8.42 Å². The van der Waals surface area contributed by atoms with E-state index in [-0.39, 0.29) is 16.2 Å². The average molecular weight is 214 g/mol. The Balaban J connectivity index is 3.01. The molecule has 74 valence electrons. The second-order valence-electron chi connectivity index (χ2n) is 2.74. The maximum absolute atomic E-state index is 11.3. The molecule has 0 amide bonds. The SMILES string of the molecule is CS(=O)(=O)c1[nH]c(=O)nc2nc[nH]c12. The second kappa shape index (κ2) is 2.64. The molecule has 8 heteroatoms. The number of H-pyrrole nitrogens is 2. The summed E-state index contributed by atoms with van der Waals surface area (Å²) in [6, 6.07) is 0. The number of sulfone groups is 1. The van der Waals surface area contributed by atoms with Gasteiger partial charge in [0.05, 0.1) is 6.33 Å². The van der Waals surface area contributed by atoms with Gasteiger partial charge in [0.25, 0.3) is 0 Å². The fourth-order valence-electron chi connectivity index (χ4n) is 1.10. The van der Waals surface area contributed by atoms with Gasteiger partial charge in [-0.3, -0.25) is 4.98 Å². The third-order valence-electron chi connectivity index (χ3n) is 1.65. The van der Waals surface area contributed by atoms with Gasteiger partial charge in [-0.15, -0.1) is 0 Å². The summed E-state index contributed by atoms with van der Waals surface area (Å²) in [4.78, 5) is 22.9. The molecule has 2 aromatic rings. The van der Waals surface area contributed by atoms with Crippen molar-refractivity contribution in [1.82, 2.24) is 19.9 Å². The molecule has 0 atom stereocenters. The van der Waals surface area contributed by atoms with Crippen LogP contribution in [-0.2, 0) is 9.84 Å². The fourth-order valence-corrected chi connectivity index (χ4v) is 1.89. The number of nitrogens with one attached hydrogen (secondary N) is 2. The summed E-state index contributed by atoms with van der Waals surface area (Å²) in [7, 11) is -3.49. The Bertz CT molecular complexity index is 638. The third-order valence-corrected chi connectivity index (χ3v) is 2.69. The normalized spacial score (nSPS) is 12.1. The highest BCUT2D eigenvalue weighted by Gasteiger charge is 2.15. The number of hydrogen-bond acceptors (Lipinski definition) is 5. The monoisotopic (exact) mass is 214 g/mol. The molecule has 0 spiro atoms. The van der Waals surface area contributed by atoms with E-state index in [1.54, 1.807) is 0 Å². The van der Waals surface area contributed by atoms with E-state index in [0.717, 1.165) is 6.26 Å². The highest BCUT2D eigenvalue weighted by molar-refractivity contribution is 7.90. The van der Waals surface area contributed by atoms with E-state index in [2.05, 4.69) is 19.9 Å². The molecule has 0 fully saturated rings. The lowest BCUT2D eigenvalue weighted by molar-refractivity contribution is 0.598. The van der Waals surface area contributed by atoms with Crippen LogP contribution in [0.2, 0.25) is 0 Å². The van der Waals surface area contributed by atoms with Crippen LogP contribution in [0.25, 0.3) is 11.2 Å². The van der Waals surface area contributed by atoms with Crippen molar-refractivity contribution in [3.05, 3.63) is 16.8 Å². The molecule has 0 radical (unpaired) electrons. The number of fused-ring (bicyclic) bond motifs is 1. The number of nitrogens with zero attached hydrogens (tertiary/aromatic N) is 2. The summed E-state index contributed by atoms with van der Waals surface area (Å²) in [5.74, 6) is 0. The van der Waals surface area contributed by atoms with Crippen LogP contribution in [0.3, 0.4) is 0 Å². The van der Waals surface area contributed by atoms with Gasteiger partial charge in [0.15, 0.2) is 20.5 Å². The Labute approximate surface area is 78.1 Å². The van der Waals surface area contributed by atoms with Crippen molar-refractivity contribution in [2.45, 2.75) is 5.03 Å². The van der Waals surface area contributed by atoms with Crippen LogP contribution in [0.4, 0.5) is 0 Å². The van der Waals surface area contributed by atoms with Gasteiger partial charge in [-0.2, -0.15) is 4.98 Å². The zero-order valence-electron chi connectivity index (χ0n) is 7.10. The van der Waals surface area contributed by atoms with E-state index >= 15 is 0 Å². The van der Waals surface area contributed by atoms with Crippen LogP contribution in [0.15, 0.2) is 16.1 Å². The molecule has 14 heavy (non-hydrogen) atoms. The zero-order chi connectivity index (χ0) is 10.3. The number of hydrogen-bond donors (Lipinski definition) is 2. The molecule has 2 N–H and O–H groups in total. The molecule has 0 aliphatic rings. The number of imidazole rings is 1. The predicted molar refractivity (Wildman–Crippen MR) is 47.6 cm³/mol. The Kier molecular flexibility index (Phi) is 1.68. The predicted octanol–water partition coefficient (Wildman–Crippen LogP) is -0.950. The van der Waals surface area contributed by atoms with Crippen LogP contribution < -0.4 is 5.69 Å². The first-order valence-electron chi connectivity index (χ1n) is 3.62. The Morgan fingerprint density at radius 1 is 1.43 bits per heavy atom. The van der Waals surface area contributed by atoms with Gasteiger partial charge < -0.3 is 4.98 Å². The summed E-state index contributed by atoms with van der Waals surface area (Å²) >= 11 is 0. The van der Waals surface area contributed by atoms with E-state index in [0.29, 0.717) is 0 Å². The van der Waals surface area contributed by atoms with Gasteiger partial charge in [0.1, 0.15) is 5.52 Å². The van der Waals surface area contributed by atoms with Crippen LogP contribution in [0.5, 0.6) is 0 Å². The molecule has 2 aromatic heterocycles. The minimum atomic E-state index is -3.49. The standard InChI is InChI=1S/C6H6N4O3S/c1-14(12,13)5-3-4(8-2-7-3)9-6(11)10-5/h2H,1H3,(H2,7,8,9,10,11). The van der Waals surface area contributed by atoms with Crippen LogP contribution >= 0.6 is 0 Å². The van der Waals surface area contributed by atoms with Crippen molar-refractivity contribution in [3.8, 4) is 0 Å². The van der Waals surface area contributed by atoms with E-state index in [1.165, 1.54) is 6.33 Å². The molecule has 0 aromatic carbocycles. The summed E-state index contributed by atoms with van der Waals surface area (Å²) in [5.41, 5.74) is -0.425. The van der Waals surface area contributed by atoms with Crippen molar-refractivity contribution in [2.24, 2.45) is 0 Å². The summed E-state index contributed by atoms with van der Waals surface area (Å²) in [6.45, 7) is 0. The molecule has 0 saturated heterocycles. The summed E-state index contributed by atoms with van der Waals surface area (Å²) in [5, 5.41) is -0.190. The van der Waals surface area contributed by atoms with Gasteiger partial charge >= 0.3 is 5.69 Å². The topological polar surface area (TPSA) is 109 Å². The zero-order valence-corrected chi connectivity index (χ0v) is 7.92. The Hall–Kier alpha value is -1.70. The first-order chi connectivity index (χ1) is 6.48. The van der Waals surface area contributed by atoms with Gasteiger partial charge in [0.2, 0.25) is 0 Å². The molecule has 0 bridgehead atoms. The third kappa shape index (κ3) is 1.29. The van der Waals surface area contributed by atoms with E-state index in [9.17, 15) is 13.2 Å². The Morgan fingerprint density at radius 2 is 2.14 bits per heavy atom. The highest BCUT2D eigenvalue weighted by atomic mass is 32.2. The fraction of sp³-hybridized carbons (Fsp3) is 0.167. The van der Waals surface area contributed by atoms with E-state index < -0.39 is 15.5 Å². The van der Waals surface area contributed by atoms with Gasteiger partial charge in [-0.05, 0) is 0 Å². The van der Waals surface area contributed by atoms with Crippen molar-refractivity contribution >= 4 is 21.0 Å². The van der Waals surface area contributed by atoms with Crippen molar-refractivity contribution in [3.63, 3.8) is 0 Å². The minimum absolute atomic E-state index is 0.0918. The van der Waals surface area contributed by atoms with Crippen LogP contribution in [0, 0.1) is 0 Å². The quantitative estimate of drug-likeness (QED) is 0.595. The summed E-state index contributed by atoms with van der Waals surface area (Å²) < 4.78 is 22.5. The minimum Gasteiger partial charge on any atom is -0.341 e. The van der Waals surface area contributed by atoms with Crippen molar-refractivity contribution in [1.29, 1.82) is 0 Å². The molecule has 2 heterocycles. The average Bonchev–Trinajstić information content (AvgIpc) is 2.47. The second-order valence-corrected chi connectivity index (χ2v) is 4.70. The molecule has 7 nitrogen and oxygen atoms in total. The maximum atomic E-state index is 11.3. The summed E-state index contributed by atoms with van der Waals surface area (Å²) in [6.07, 6.45) is 2.28. The molecule has 0 saturated carbocycles.